The number of carbonyl (C=O) groups excluding carboxylic acids is 1. The molecule has 1 saturated heterocycles. The van der Waals surface area contributed by atoms with E-state index >= 15 is 0 Å². The first-order valence-electron chi connectivity index (χ1n) is 6.22. The van der Waals surface area contributed by atoms with Crippen LogP contribution in [0.1, 0.15) is 30.6 Å². The second-order valence-corrected chi connectivity index (χ2v) is 5.75. The molecule has 0 spiro atoms. The Labute approximate surface area is 120 Å². The molecule has 19 heavy (non-hydrogen) atoms. The number of aromatic nitrogens is 2. The molecule has 1 aliphatic rings. The summed E-state index contributed by atoms with van der Waals surface area (Å²) in [5, 5.41) is 14.3. The predicted molar refractivity (Wildman–Crippen MR) is 74.3 cm³/mol. The highest BCUT2D eigenvalue weighted by Gasteiger charge is 2.36. The molecule has 1 fully saturated rings. The van der Waals surface area contributed by atoms with Crippen molar-refractivity contribution in [2.24, 2.45) is 7.05 Å². The lowest BCUT2D eigenvalue weighted by molar-refractivity contribution is 0.0525. The number of anilines is 1. The number of hydrogen-bond donors (Lipinski definition) is 1. The third kappa shape index (κ3) is 2.76. The number of halogens is 1. The summed E-state index contributed by atoms with van der Waals surface area (Å²) in [4.78, 5) is 14.0. The summed E-state index contributed by atoms with van der Waals surface area (Å²) in [5.74, 6) is 0.284. The van der Waals surface area contributed by atoms with E-state index < -0.39 is 11.6 Å². The van der Waals surface area contributed by atoms with Gasteiger partial charge in [-0.1, -0.05) is 0 Å². The van der Waals surface area contributed by atoms with Crippen molar-refractivity contribution in [2.45, 2.75) is 25.9 Å². The molecule has 1 N–H and O–H groups in total. The molecule has 2 heterocycles. The zero-order valence-corrected chi connectivity index (χ0v) is 12.9. The van der Waals surface area contributed by atoms with Gasteiger partial charge in [0, 0.05) is 20.1 Å². The second-order valence-electron chi connectivity index (χ2n) is 5.00. The first kappa shape index (κ1) is 14.3. The second kappa shape index (κ2) is 5.13. The van der Waals surface area contributed by atoms with Crippen LogP contribution in [-0.2, 0) is 11.8 Å². The van der Waals surface area contributed by atoms with Crippen molar-refractivity contribution in [1.82, 2.24) is 9.78 Å². The first-order valence-corrected chi connectivity index (χ1v) is 7.02. The van der Waals surface area contributed by atoms with Crippen LogP contribution in [0.25, 0.3) is 0 Å². The van der Waals surface area contributed by atoms with E-state index in [1.165, 1.54) is 0 Å². The van der Waals surface area contributed by atoms with Gasteiger partial charge < -0.3 is 14.7 Å². The quantitative estimate of drug-likeness (QED) is 0.846. The molecule has 2 rings (SSSR count). The molecule has 1 unspecified atom stereocenters. The summed E-state index contributed by atoms with van der Waals surface area (Å²) in [5.41, 5.74) is -0.315. The lowest BCUT2D eigenvalue weighted by Crippen LogP contribution is -2.31. The third-order valence-corrected chi connectivity index (χ3v) is 3.76. The highest BCUT2D eigenvalue weighted by molar-refractivity contribution is 9.10. The zero-order chi connectivity index (χ0) is 14.2. The van der Waals surface area contributed by atoms with Gasteiger partial charge in [-0.15, -0.1) is 0 Å². The fourth-order valence-corrected chi connectivity index (χ4v) is 2.93. The molecular formula is C12H18BrN3O3. The van der Waals surface area contributed by atoms with Crippen LogP contribution in [-0.4, -0.2) is 46.2 Å². The normalized spacial score (nSPS) is 22.9. The van der Waals surface area contributed by atoms with Gasteiger partial charge >= 0.3 is 5.97 Å². The van der Waals surface area contributed by atoms with E-state index in [-0.39, 0.29) is 0 Å². The maximum absolute atomic E-state index is 12.0. The number of hydrogen-bond acceptors (Lipinski definition) is 5. The summed E-state index contributed by atoms with van der Waals surface area (Å²) in [7, 11) is 1.77. The number of aryl methyl sites for hydroxylation is 1. The van der Waals surface area contributed by atoms with Crippen LogP contribution in [0.15, 0.2) is 4.60 Å². The lowest BCUT2D eigenvalue weighted by Gasteiger charge is -2.21. The molecule has 0 radical (unpaired) electrons. The molecule has 1 atom stereocenters. The maximum atomic E-state index is 12.0. The van der Waals surface area contributed by atoms with Crippen LogP contribution in [0.4, 0.5) is 5.82 Å². The van der Waals surface area contributed by atoms with Gasteiger partial charge in [-0.2, -0.15) is 5.10 Å². The molecule has 0 amide bonds. The molecule has 0 aromatic carbocycles. The van der Waals surface area contributed by atoms with Gasteiger partial charge in [0.1, 0.15) is 16.0 Å². The van der Waals surface area contributed by atoms with Gasteiger partial charge in [-0.3, -0.25) is 4.68 Å². The average Bonchev–Trinajstić information content (AvgIpc) is 2.78. The van der Waals surface area contributed by atoms with Crippen molar-refractivity contribution in [1.29, 1.82) is 0 Å². The average molecular weight is 332 g/mol. The predicted octanol–water partition coefficient (Wildman–Crippen LogP) is 1.32. The fraction of sp³-hybridized carbons (Fsp3) is 0.667. The van der Waals surface area contributed by atoms with E-state index in [4.69, 9.17) is 4.74 Å². The van der Waals surface area contributed by atoms with Crippen molar-refractivity contribution >= 4 is 27.7 Å². The number of nitrogens with zero attached hydrogens (tertiary/aromatic N) is 3. The van der Waals surface area contributed by atoms with Crippen LogP contribution in [0, 0.1) is 0 Å². The first-order chi connectivity index (χ1) is 8.85. The van der Waals surface area contributed by atoms with E-state index in [1.54, 1.807) is 25.6 Å². The molecule has 106 valence electrons. The molecule has 0 bridgehead atoms. The topological polar surface area (TPSA) is 67.6 Å². The Morgan fingerprint density at radius 3 is 2.84 bits per heavy atom. The number of rotatable bonds is 3. The number of esters is 1. The molecule has 0 aliphatic carbocycles. The van der Waals surface area contributed by atoms with Crippen molar-refractivity contribution in [3.8, 4) is 0 Å². The van der Waals surface area contributed by atoms with E-state index in [9.17, 15) is 9.90 Å². The van der Waals surface area contributed by atoms with Crippen LogP contribution < -0.4 is 4.90 Å². The lowest BCUT2D eigenvalue weighted by atomic mass is 10.1. The van der Waals surface area contributed by atoms with Gasteiger partial charge in [-0.25, -0.2) is 4.79 Å². The molecule has 0 saturated carbocycles. The van der Waals surface area contributed by atoms with Gasteiger partial charge in [0.25, 0.3) is 0 Å². The van der Waals surface area contributed by atoms with Crippen LogP contribution in [0.5, 0.6) is 0 Å². The van der Waals surface area contributed by atoms with Crippen LogP contribution >= 0.6 is 15.9 Å². The smallest absolute Gasteiger partial charge is 0.344 e. The molecule has 6 nitrogen and oxygen atoms in total. The largest absolute Gasteiger partial charge is 0.462 e. The Morgan fingerprint density at radius 2 is 2.32 bits per heavy atom. The summed E-state index contributed by atoms with van der Waals surface area (Å²) in [6, 6.07) is 0. The zero-order valence-electron chi connectivity index (χ0n) is 11.3. The molecule has 1 aliphatic heterocycles. The van der Waals surface area contributed by atoms with Crippen molar-refractivity contribution in [2.75, 3.05) is 24.6 Å². The van der Waals surface area contributed by atoms with E-state index in [0.29, 0.717) is 42.1 Å². The number of β-amino-alcohol motifs (C(OH)–C–C–N with tert-alkyl or cyclic N) is 1. The standard InChI is InChI=1S/C12H18BrN3O3/c1-4-19-11(17)8-9(13)14-15(3)10(8)16-6-5-12(2,18)7-16/h18H,4-7H2,1-3H3. The van der Waals surface area contributed by atoms with Gasteiger partial charge in [-0.05, 0) is 36.2 Å². The van der Waals surface area contributed by atoms with E-state index in [2.05, 4.69) is 21.0 Å². The summed E-state index contributed by atoms with van der Waals surface area (Å²) < 4.78 is 7.17. The highest BCUT2D eigenvalue weighted by Crippen LogP contribution is 2.32. The fourth-order valence-electron chi connectivity index (χ4n) is 2.35. The Morgan fingerprint density at radius 1 is 1.63 bits per heavy atom. The minimum Gasteiger partial charge on any atom is -0.462 e. The Kier molecular flexibility index (Phi) is 3.87. The van der Waals surface area contributed by atoms with Crippen LogP contribution in [0.2, 0.25) is 0 Å². The highest BCUT2D eigenvalue weighted by atomic mass is 79.9. The SMILES string of the molecule is CCOC(=O)c1c(Br)nn(C)c1N1CCC(C)(O)C1. The number of ether oxygens (including phenoxy) is 1. The Bertz CT molecular complexity index is 499. The van der Waals surface area contributed by atoms with E-state index in [1.807, 2.05) is 4.90 Å². The van der Waals surface area contributed by atoms with Crippen molar-refractivity contribution in [3.63, 3.8) is 0 Å². The van der Waals surface area contributed by atoms with Gasteiger partial charge in [0.15, 0.2) is 0 Å². The maximum Gasteiger partial charge on any atom is 0.344 e. The van der Waals surface area contributed by atoms with Crippen molar-refractivity contribution < 1.29 is 14.6 Å². The van der Waals surface area contributed by atoms with Gasteiger partial charge in [0.05, 0.1) is 12.2 Å². The monoisotopic (exact) mass is 331 g/mol. The molecule has 1 aromatic rings. The summed E-state index contributed by atoms with van der Waals surface area (Å²) in [6.07, 6.45) is 0.665. The van der Waals surface area contributed by atoms with Gasteiger partial charge in [0.2, 0.25) is 0 Å². The Balaban J connectivity index is 2.37. The summed E-state index contributed by atoms with van der Waals surface area (Å²) in [6.45, 7) is 5.04. The minimum absolute atomic E-state index is 0.317. The minimum atomic E-state index is -0.733. The Hall–Kier alpha value is -1.08. The molecular weight excluding hydrogens is 314 g/mol. The number of aliphatic hydroxyl groups is 1. The molecule has 1 aromatic heterocycles. The van der Waals surface area contributed by atoms with Crippen LogP contribution in [0.3, 0.4) is 0 Å². The third-order valence-electron chi connectivity index (χ3n) is 3.21. The number of carbonyl (C=O) groups is 1. The summed E-state index contributed by atoms with van der Waals surface area (Å²) >= 11 is 3.29. The van der Waals surface area contributed by atoms with E-state index in [0.717, 1.165) is 0 Å². The molecule has 7 heteroatoms. The van der Waals surface area contributed by atoms with Crippen molar-refractivity contribution in [3.05, 3.63) is 10.2 Å².